The SMILES string of the molecule is C/C(=C\Cl)CS(=O)(=O)Cc1nc(C(C)(C)C)no1. The van der Waals surface area contributed by atoms with Gasteiger partial charge in [-0.1, -0.05) is 37.5 Å². The van der Waals surface area contributed by atoms with Crippen LogP contribution in [-0.2, 0) is 21.0 Å². The summed E-state index contributed by atoms with van der Waals surface area (Å²) in [7, 11) is -3.33. The molecular weight excluding hydrogens is 276 g/mol. The Kier molecular flexibility index (Phi) is 4.55. The van der Waals surface area contributed by atoms with Crippen LogP contribution in [0.2, 0.25) is 0 Å². The van der Waals surface area contributed by atoms with Crippen molar-refractivity contribution in [3.05, 3.63) is 22.8 Å². The molecule has 0 radical (unpaired) electrons. The first kappa shape index (κ1) is 15.2. The van der Waals surface area contributed by atoms with Crippen LogP contribution in [0.4, 0.5) is 0 Å². The molecular formula is C11H17ClN2O3S. The monoisotopic (exact) mass is 292 g/mol. The van der Waals surface area contributed by atoms with Gasteiger partial charge in [0, 0.05) is 11.0 Å². The van der Waals surface area contributed by atoms with Gasteiger partial charge in [-0.3, -0.25) is 0 Å². The molecule has 0 fully saturated rings. The number of rotatable bonds is 4. The van der Waals surface area contributed by atoms with E-state index >= 15 is 0 Å². The molecule has 1 aromatic heterocycles. The largest absolute Gasteiger partial charge is 0.338 e. The van der Waals surface area contributed by atoms with Gasteiger partial charge in [-0.25, -0.2) is 8.42 Å². The van der Waals surface area contributed by atoms with Gasteiger partial charge in [0.2, 0.25) is 5.89 Å². The van der Waals surface area contributed by atoms with E-state index in [1.807, 2.05) is 20.8 Å². The molecule has 7 heteroatoms. The smallest absolute Gasteiger partial charge is 0.241 e. The van der Waals surface area contributed by atoms with Crippen molar-refractivity contribution in [2.24, 2.45) is 0 Å². The number of halogens is 1. The molecule has 0 atom stereocenters. The Bertz CT molecular complexity index is 541. The van der Waals surface area contributed by atoms with Gasteiger partial charge in [-0.05, 0) is 12.5 Å². The Morgan fingerprint density at radius 2 is 2.06 bits per heavy atom. The van der Waals surface area contributed by atoms with E-state index in [9.17, 15) is 8.42 Å². The highest BCUT2D eigenvalue weighted by atomic mass is 35.5. The second-order valence-corrected chi connectivity index (χ2v) is 7.53. The lowest BCUT2D eigenvalue weighted by Gasteiger charge is -2.10. The van der Waals surface area contributed by atoms with Gasteiger partial charge in [0.05, 0.1) is 5.75 Å². The normalized spacial score (nSPS) is 13.9. The van der Waals surface area contributed by atoms with E-state index in [0.29, 0.717) is 11.4 Å². The number of aromatic nitrogens is 2. The maximum Gasteiger partial charge on any atom is 0.241 e. The van der Waals surface area contributed by atoms with Crippen molar-refractivity contribution in [3.8, 4) is 0 Å². The Morgan fingerprint density at radius 3 is 2.50 bits per heavy atom. The molecule has 102 valence electrons. The van der Waals surface area contributed by atoms with Gasteiger partial charge >= 0.3 is 0 Å². The molecule has 0 spiro atoms. The van der Waals surface area contributed by atoms with Crippen LogP contribution in [0.5, 0.6) is 0 Å². The van der Waals surface area contributed by atoms with E-state index in [1.54, 1.807) is 6.92 Å². The van der Waals surface area contributed by atoms with E-state index in [1.165, 1.54) is 5.54 Å². The van der Waals surface area contributed by atoms with Crippen LogP contribution in [0.15, 0.2) is 15.6 Å². The first-order valence-electron chi connectivity index (χ1n) is 5.43. The van der Waals surface area contributed by atoms with Crippen LogP contribution in [-0.4, -0.2) is 24.3 Å². The van der Waals surface area contributed by atoms with Crippen molar-refractivity contribution in [3.63, 3.8) is 0 Å². The number of nitrogens with zero attached hydrogens (tertiary/aromatic N) is 2. The molecule has 0 saturated heterocycles. The van der Waals surface area contributed by atoms with E-state index in [4.69, 9.17) is 16.1 Å². The molecule has 18 heavy (non-hydrogen) atoms. The molecule has 0 aliphatic heterocycles. The molecule has 0 N–H and O–H groups in total. The Hall–Kier alpha value is -0.880. The highest BCUT2D eigenvalue weighted by molar-refractivity contribution is 7.90. The number of hydrogen-bond donors (Lipinski definition) is 0. The summed E-state index contributed by atoms with van der Waals surface area (Å²) in [5.41, 5.74) is 1.57. The molecule has 0 unspecified atom stereocenters. The quantitative estimate of drug-likeness (QED) is 0.852. The van der Waals surface area contributed by atoms with Crippen molar-refractivity contribution in [2.75, 3.05) is 5.75 Å². The van der Waals surface area contributed by atoms with Crippen LogP contribution in [0.3, 0.4) is 0 Å². The molecule has 5 nitrogen and oxygen atoms in total. The maximum absolute atomic E-state index is 11.8. The topological polar surface area (TPSA) is 73.1 Å². The molecule has 1 rings (SSSR count). The predicted molar refractivity (Wildman–Crippen MR) is 70.1 cm³/mol. The highest BCUT2D eigenvalue weighted by Crippen LogP contribution is 2.19. The second-order valence-electron chi connectivity index (χ2n) is 5.25. The Labute approximate surface area is 112 Å². The van der Waals surface area contributed by atoms with Crippen molar-refractivity contribution >= 4 is 21.4 Å². The van der Waals surface area contributed by atoms with Crippen LogP contribution in [0, 0.1) is 0 Å². The molecule has 0 bridgehead atoms. The third-order valence-electron chi connectivity index (χ3n) is 2.12. The lowest BCUT2D eigenvalue weighted by atomic mass is 9.96. The molecule has 0 amide bonds. The van der Waals surface area contributed by atoms with Gasteiger partial charge in [0.1, 0.15) is 5.75 Å². The molecule has 0 aromatic carbocycles. The van der Waals surface area contributed by atoms with Gasteiger partial charge < -0.3 is 4.52 Å². The molecule has 1 aromatic rings. The maximum atomic E-state index is 11.8. The third-order valence-corrected chi connectivity index (χ3v) is 4.07. The lowest BCUT2D eigenvalue weighted by molar-refractivity contribution is 0.371. The molecule has 0 aliphatic carbocycles. The fraction of sp³-hybridized carbons (Fsp3) is 0.636. The summed E-state index contributed by atoms with van der Waals surface area (Å²) in [6.45, 7) is 7.43. The van der Waals surface area contributed by atoms with Crippen LogP contribution in [0.1, 0.15) is 39.4 Å². The van der Waals surface area contributed by atoms with E-state index < -0.39 is 9.84 Å². The zero-order valence-corrected chi connectivity index (χ0v) is 12.5. The molecule has 0 saturated carbocycles. The van der Waals surface area contributed by atoms with E-state index in [0.717, 1.165) is 0 Å². The van der Waals surface area contributed by atoms with E-state index in [-0.39, 0.29) is 22.8 Å². The fourth-order valence-corrected chi connectivity index (χ4v) is 2.78. The summed E-state index contributed by atoms with van der Waals surface area (Å²) in [5, 5.41) is 3.78. The minimum Gasteiger partial charge on any atom is -0.338 e. The molecule has 0 aliphatic rings. The zero-order chi connectivity index (χ0) is 14.0. The summed E-state index contributed by atoms with van der Waals surface area (Å²) in [4.78, 5) is 4.09. The first-order chi connectivity index (χ1) is 8.14. The van der Waals surface area contributed by atoms with Crippen molar-refractivity contribution in [1.29, 1.82) is 0 Å². The second kappa shape index (κ2) is 5.40. The van der Waals surface area contributed by atoms with Crippen molar-refractivity contribution < 1.29 is 12.9 Å². The van der Waals surface area contributed by atoms with Gasteiger partial charge in [0.15, 0.2) is 15.7 Å². The van der Waals surface area contributed by atoms with Crippen molar-refractivity contribution in [1.82, 2.24) is 10.1 Å². The summed E-state index contributed by atoms with van der Waals surface area (Å²) >= 11 is 5.45. The summed E-state index contributed by atoms with van der Waals surface area (Å²) in [6, 6.07) is 0. The Balaban J connectivity index is 2.83. The van der Waals surface area contributed by atoms with Crippen LogP contribution < -0.4 is 0 Å². The average Bonchev–Trinajstić information content (AvgIpc) is 2.63. The van der Waals surface area contributed by atoms with E-state index in [2.05, 4.69) is 10.1 Å². The van der Waals surface area contributed by atoms with Gasteiger partial charge in [-0.15, -0.1) is 0 Å². The minimum absolute atomic E-state index is 0.107. The highest BCUT2D eigenvalue weighted by Gasteiger charge is 2.23. The Morgan fingerprint density at radius 1 is 1.44 bits per heavy atom. The minimum atomic E-state index is -3.33. The third kappa shape index (κ3) is 4.42. The first-order valence-corrected chi connectivity index (χ1v) is 7.69. The lowest BCUT2D eigenvalue weighted by Crippen LogP contribution is -2.14. The summed E-state index contributed by atoms with van der Waals surface area (Å²) in [6.07, 6.45) is 0. The number of sulfone groups is 1. The standard InChI is InChI=1S/C11H17ClN2O3S/c1-8(5-12)6-18(15,16)7-9-13-10(14-17-9)11(2,3)4/h5H,6-7H2,1-4H3/b8-5+. The van der Waals surface area contributed by atoms with Crippen molar-refractivity contribution in [2.45, 2.75) is 38.9 Å². The van der Waals surface area contributed by atoms with Crippen LogP contribution in [0.25, 0.3) is 0 Å². The molecule has 1 heterocycles. The zero-order valence-electron chi connectivity index (χ0n) is 10.9. The number of hydrogen-bond acceptors (Lipinski definition) is 5. The van der Waals surface area contributed by atoms with Crippen LogP contribution >= 0.6 is 11.6 Å². The summed E-state index contributed by atoms with van der Waals surface area (Å²) < 4.78 is 28.6. The van der Waals surface area contributed by atoms with Gasteiger partial charge in [0.25, 0.3) is 0 Å². The summed E-state index contributed by atoms with van der Waals surface area (Å²) in [5.74, 6) is 0.238. The van der Waals surface area contributed by atoms with Gasteiger partial charge in [-0.2, -0.15) is 4.98 Å². The average molecular weight is 293 g/mol. The predicted octanol–water partition coefficient (Wildman–Crippen LogP) is 2.42. The fourth-order valence-electron chi connectivity index (χ4n) is 1.24.